The fraction of sp³-hybridized carbons (Fsp3) is 0.333. The first-order valence-electron chi connectivity index (χ1n) is 5.36. The van der Waals surface area contributed by atoms with Crippen molar-refractivity contribution in [2.45, 2.75) is 0 Å². The van der Waals surface area contributed by atoms with Gasteiger partial charge in [-0.05, 0) is 24.3 Å². The number of hydrogen-bond donors (Lipinski definition) is 2. The van der Waals surface area contributed by atoms with E-state index < -0.39 is 10.0 Å². The molecule has 98 valence electrons. The molecule has 0 spiro atoms. The quantitative estimate of drug-likeness (QED) is 0.757. The Hall–Kier alpha value is -1.55. The van der Waals surface area contributed by atoms with Gasteiger partial charge in [-0.1, -0.05) is 11.8 Å². The molecule has 18 heavy (non-hydrogen) atoms. The van der Waals surface area contributed by atoms with E-state index >= 15 is 0 Å². The molecule has 0 aliphatic heterocycles. The zero-order chi connectivity index (χ0) is 13.4. The first-order chi connectivity index (χ1) is 8.57. The third-order valence-electron chi connectivity index (χ3n) is 2.05. The second kappa shape index (κ2) is 7.01. The predicted molar refractivity (Wildman–Crippen MR) is 71.7 cm³/mol. The number of benzene rings is 1. The highest BCUT2D eigenvalue weighted by Crippen LogP contribution is 2.10. The molecule has 1 rings (SSSR count). The van der Waals surface area contributed by atoms with E-state index in [-0.39, 0.29) is 12.4 Å². The van der Waals surface area contributed by atoms with E-state index in [0.717, 1.165) is 5.56 Å². The van der Waals surface area contributed by atoms with Crippen molar-refractivity contribution in [3.63, 3.8) is 0 Å². The van der Waals surface area contributed by atoms with Crippen LogP contribution in [0.4, 0.5) is 5.69 Å². The second-order valence-corrected chi connectivity index (χ2v) is 5.34. The van der Waals surface area contributed by atoms with Crippen LogP contribution in [-0.4, -0.2) is 34.4 Å². The van der Waals surface area contributed by atoms with Gasteiger partial charge in [0.15, 0.2) is 0 Å². The van der Waals surface area contributed by atoms with Crippen LogP contribution in [0.1, 0.15) is 5.56 Å². The Kier molecular flexibility index (Phi) is 5.65. The van der Waals surface area contributed by atoms with E-state index in [2.05, 4.69) is 16.6 Å². The number of rotatable bonds is 5. The average molecular weight is 268 g/mol. The summed E-state index contributed by atoms with van der Waals surface area (Å²) in [7, 11) is -1.90. The van der Waals surface area contributed by atoms with Gasteiger partial charge in [-0.25, -0.2) is 8.42 Å². The van der Waals surface area contributed by atoms with Crippen LogP contribution in [0.25, 0.3) is 0 Å². The van der Waals surface area contributed by atoms with Gasteiger partial charge in [-0.15, -0.1) is 0 Å². The number of methoxy groups -OCH3 is 1. The molecule has 0 unspecified atom stereocenters. The Morgan fingerprint density at radius 2 is 2.00 bits per heavy atom. The number of ether oxygens (including phenoxy) is 1. The first-order valence-corrected chi connectivity index (χ1v) is 7.01. The Labute approximate surface area is 107 Å². The molecule has 5 nitrogen and oxygen atoms in total. The van der Waals surface area contributed by atoms with Crippen LogP contribution in [-0.2, 0) is 14.8 Å². The lowest BCUT2D eigenvalue weighted by atomic mass is 10.2. The van der Waals surface area contributed by atoms with Crippen molar-refractivity contribution >= 4 is 15.7 Å². The highest BCUT2D eigenvalue weighted by molar-refractivity contribution is 7.92. The zero-order valence-corrected chi connectivity index (χ0v) is 11.0. The summed E-state index contributed by atoms with van der Waals surface area (Å²) < 4.78 is 30.3. The monoisotopic (exact) mass is 268 g/mol. The van der Waals surface area contributed by atoms with Gasteiger partial charge in [-0.2, -0.15) is 0 Å². The van der Waals surface area contributed by atoms with Gasteiger partial charge < -0.3 is 10.5 Å². The fourth-order valence-electron chi connectivity index (χ4n) is 1.20. The second-order valence-electron chi connectivity index (χ2n) is 3.50. The van der Waals surface area contributed by atoms with Crippen LogP contribution < -0.4 is 10.5 Å². The molecule has 0 fully saturated rings. The van der Waals surface area contributed by atoms with Crippen LogP contribution in [0.2, 0.25) is 0 Å². The molecule has 1 aromatic rings. The van der Waals surface area contributed by atoms with Crippen molar-refractivity contribution in [3.05, 3.63) is 29.8 Å². The molecule has 0 aliphatic carbocycles. The van der Waals surface area contributed by atoms with Gasteiger partial charge in [0, 0.05) is 18.4 Å². The number of sulfonamides is 1. The highest BCUT2D eigenvalue weighted by Gasteiger charge is 2.09. The summed E-state index contributed by atoms with van der Waals surface area (Å²) >= 11 is 0. The van der Waals surface area contributed by atoms with E-state index in [1.807, 2.05) is 0 Å². The lowest BCUT2D eigenvalue weighted by Gasteiger charge is -2.07. The topological polar surface area (TPSA) is 81.4 Å². The molecule has 0 radical (unpaired) electrons. The fourth-order valence-corrected chi connectivity index (χ4v) is 2.18. The summed E-state index contributed by atoms with van der Waals surface area (Å²) in [6, 6.07) is 6.78. The minimum atomic E-state index is -3.36. The minimum Gasteiger partial charge on any atom is -0.384 e. The Morgan fingerprint density at radius 3 is 2.56 bits per heavy atom. The van der Waals surface area contributed by atoms with Crippen molar-refractivity contribution in [2.75, 3.05) is 30.7 Å². The lowest BCUT2D eigenvalue weighted by Crippen LogP contribution is -2.19. The molecule has 0 heterocycles. The third kappa shape index (κ3) is 5.19. The molecule has 3 N–H and O–H groups in total. The number of nitrogens with one attached hydrogen (secondary N) is 1. The average Bonchev–Trinajstić information content (AvgIpc) is 2.35. The summed E-state index contributed by atoms with van der Waals surface area (Å²) in [6.07, 6.45) is 0. The van der Waals surface area contributed by atoms with Gasteiger partial charge in [0.1, 0.15) is 0 Å². The zero-order valence-electron chi connectivity index (χ0n) is 10.1. The van der Waals surface area contributed by atoms with Crippen LogP contribution in [0.3, 0.4) is 0 Å². The summed E-state index contributed by atoms with van der Waals surface area (Å²) in [5, 5.41) is 0. The predicted octanol–water partition coefficient (Wildman–Crippen LogP) is 0.385. The van der Waals surface area contributed by atoms with Gasteiger partial charge in [-0.3, -0.25) is 4.72 Å². The maximum Gasteiger partial charge on any atom is 0.234 e. The Morgan fingerprint density at radius 1 is 1.33 bits per heavy atom. The number of hydrogen-bond acceptors (Lipinski definition) is 4. The molecule has 6 heteroatoms. The highest BCUT2D eigenvalue weighted by atomic mass is 32.2. The van der Waals surface area contributed by atoms with Crippen molar-refractivity contribution in [1.29, 1.82) is 0 Å². The van der Waals surface area contributed by atoms with Gasteiger partial charge in [0.25, 0.3) is 0 Å². The first kappa shape index (κ1) is 14.5. The van der Waals surface area contributed by atoms with Crippen molar-refractivity contribution in [1.82, 2.24) is 0 Å². The van der Waals surface area contributed by atoms with Gasteiger partial charge >= 0.3 is 0 Å². The maximum atomic E-state index is 11.6. The van der Waals surface area contributed by atoms with E-state index in [0.29, 0.717) is 12.2 Å². The minimum absolute atomic E-state index is 0.0712. The standard InChI is InChI=1S/C12H16N2O3S/c1-17-9-10-18(15,16)14-12-6-4-11(5-7-12)3-2-8-13/h4-7,14H,8-10,13H2,1H3. The van der Waals surface area contributed by atoms with Crippen molar-refractivity contribution in [3.8, 4) is 11.8 Å². The van der Waals surface area contributed by atoms with E-state index in [9.17, 15) is 8.42 Å². The molecule has 1 aromatic carbocycles. The van der Waals surface area contributed by atoms with Crippen molar-refractivity contribution in [2.24, 2.45) is 5.73 Å². The number of anilines is 1. The summed E-state index contributed by atoms with van der Waals surface area (Å²) in [6.45, 7) is 0.459. The third-order valence-corrected chi connectivity index (χ3v) is 3.30. The number of nitrogens with two attached hydrogens (primary N) is 1. The van der Waals surface area contributed by atoms with Crippen LogP contribution >= 0.6 is 0 Å². The molecule has 0 saturated heterocycles. The molecule has 0 aromatic heterocycles. The molecular weight excluding hydrogens is 252 g/mol. The van der Waals surface area contributed by atoms with E-state index in [4.69, 9.17) is 10.5 Å². The SMILES string of the molecule is COCCS(=O)(=O)Nc1ccc(C#CCN)cc1. The van der Waals surface area contributed by atoms with Crippen LogP contribution in [0.5, 0.6) is 0 Å². The normalized spacial score (nSPS) is 10.6. The lowest BCUT2D eigenvalue weighted by molar-refractivity contribution is 0.217. The van der Waals surface area contributed by atoms with E-state index in [1.54, 1.807) is 24.3 Å². The van der Waals surface area contributed by atoms with Crippen molar-refractivity contribution < 1.29 is 13.2 Å². The molecular formula is C12H16N2O3S. The molecule has 0 bridgehead atoms. The molecule has 0 amide bonds. The van der Waals surface area contributed by atoms with Crippen LogP contribution in [0, 0.1) is 11.8 Å². The molecule has 0 aliphatic rings. The smallest absolute Gasteiger partial charge is 0.234 e. The molecule has 0 atom stereocenters. The van der Waals surface area contributed by atoms with Gasteiger partial charge in [0.2, 0.25) is 10.0 Å². The molecule has 0 saturated carbocycles. The van der Waals surface area contributed by atoms with Crippen LogP contribution in [0.15, 0.2) is 24.3 Å². The Balaban J connectivity index is 2.69. The van der Waals surface area contributed by atoms with E-state index in [1.165, 1.54) is 7.11 Å². The largest absolute Gasteiger partial charge is 0.384 e. The Bertz CT molecular complexity index is 527. The summed E-state index contributed by atoms with van der Waals surface area (Å²) in [5.74, 6) is 5.51. The maximum absolute atomic E-state index is 11.6. The summed E-state index contributed by atoms with van der Waals surface area (Å²) in [5.41, 5.74) is 6.55. The summed E-state index contributed by atoms with van der Waals surface area (Å²) in [4.78, 5) is 0. The van der Waals surface area contributed by atoms with Gasteiger partial charge in [0.05, 0.1) is 18.9 Å².